The molecule has 3 N–H and O–H groups in total. The molecule has 0 spiro atoms. The molecule has 0 radical (unpaired) electrons. The van der Waals surface area contributed by atoms with E-state index in [9.17, 15) is 19.8 Å². The van der Waals surface area contributed by atoms with Crippen LogP contribution < -0.4 is 5.32 Å². The van der Waals surface area contributed by atoms with Gasteiger partial charge in [-0.05, 0) is 5.56 Å². The minimum absolute atomic E-state index is 0.0166. The predicted molar refractivity (Wildman–Crippen MR) is 76.1 cm³/mol. The van der Waals surface area contributed by atoms with Gasteiger partial charge in [0.2, 0.25) is 11.8 Å². The number of rotatable bonds is 4. The van der Waals surface area contributed by atoms with E-state index in [4.69, 9.17) is 0 Å². The van der Waals surface area contributed by atoms with Gasteiger partial charge in [0.1, 0.15) is 12.1 Å². The molecule has 1 fully saturated rings. The molecule has 0 unspecified atom stereocenters. The van der Waals surface area contributed by atoms with E-state index in [-0.39, 0.29) is 18.9 Å². The first kappa shape index (κ1) is 15.5. The van der Waals surface area contributed by atoms with Crippen molar-refractivity contribution in [1.82, 2.24) is 10.2 Å². The van der Waals surface area contributed by atoms with Crippen molar-refractivity contribution in [3.05, 3.63) is 35.9 Å². The molecular formula is C15H20N2O4. The van der Waals surface area contributed by atoms with Crippen LogP contribution in [0, 0.1) is 0 Å². The third-order valence-electron chi connectivity index (χ3n) is 3.64. The Morgan fingerprint density at radius 1 is 1.29 bits per heavy atom. The number of hydrogen-bond donors (Lipinski definition) is 3. The molecule has 0 aliphatic carbocycles. The SMILES string of the molecule is CCC(=O)N1C[C@H](O)[C@H](O)[C@H]1C(=O)NCc1ccccc1. The van der Waals surface area contributed by atoms with E-state index in [0.717, 1.165) is 5.56 Å². The molecule has 6 nitrogen and oxygen atoms in total. The van der Waals surface area contributed by atoms with Crippen LogP contribution >= 0.6 is 0 Å². The molecule has 0 bridgehead atoms. The average Bonchev–Trinajstić information content (AvgIpc) is 2.81. The summed E-state index contributed by atoms with van der Waals surface area (Å²) < 4.78 is 0. The van der Waals surface area contributed by atoms with Crippen LogP contribution in [0.3, 0.4) is 0 Å². The van der Waals surface area contributed by atoms with E-state index in [1.54, 1.807) is 6.92 Å². The lowest BCUT2D eigenvalue weighted by molar-refractivity contribution is -0.140. The number of nitrogens with one attached hydrogen (secondary N) is 1. The van der Waals surface area contributed by atoms with E-state index in [0.29, 0.717) is 6.54 Å². The van der Waals surface area contributed by atoms with Crippen LogP contribution in [0.2, 0.25) is 0 Å². The van der Waals surface area contributed by atoms with E-state index in [1.807, 2.05) is 30.3 Å². The fourth-order valence-corrected chi connectivity index (χ4v) is 2.46. The van der Waals surface area contributed by atoms with Crippen LogP contribution in [0.25, 0.3) is 0 Å². The normalized spacial score (nSPS) is 24.9. The molecule has 1 aromatic carbocycles. The Morgan fingerprint density at radius 2 is 1.95 bits per heavy atom. The maximum absolute atomic E-state index is 12.2. The van der Waals surface area contributed by atoms with Gasteiger partial charge in [-0.1, -0.05) is 37.3 Å². The standard InChI is InChI=1S/C15H20N2O4/c1-2-12(19)17-9-11(18)14(20)13(17)15(21)16-8-10-6-4-3-5-7-10/h3-7,11,13-14,18,20H,2,8-9H2,1H3,(H,16,21)/t11-,13-,14-/m0/s1. The smallest absolute Gasteiger partial charge is 0.245 e. The lowest BCUT2D eigenvalue weighted by Gasteiger charge is -2.24. The van der Waals surface area contributed by atoms with Gasteiger partial charge < -0.3 is 20.4 Å². The number of aliphatic hydroxyl groups excluding tert-OH is 2. The zero-order valence-corrected chi connectivity index (χ0v) is 11.9. The molecule has 1 aromatic rings. The van der Waals surface area contributed by atoms with Crippen molar-refractivity contribution < 1.29 is 19.8 Å². The molecule has 1 aliphatic rings. The number of hydrogen-bond acceptors (Lipinski definition) is 4. The predicted octanol–water partition coefficient (Wildman–Crippen LogP) is -0.355. The Balaban J connectivity index is 2.03. The third kappa shape index (κ3) is 3.40. The summed E-state index contributed by atoms with van der Waals surface area (Å²) in [6.45, 7) is 1.97. The zero-order valence-electron chi connectivity index (χ0n) is 11.9. The van der Waals surface area contributed by atoms with Gasteiger partial charge in [-0.2, -0.15) is 0 Å². The molecule has 114 valence electrons. The highest BCUT2D eigenvalue weighted by Gasteiger charge is 2.45. The molecule has 2 rings (SSSR count). The second-order valence-corrected chi connectivity index (χ2v) is 5.11. The molecule has 1 heterocycles. The van der Waals surface area contributed by atoms with Gasteiger partial charge in [0.25, 0.3) is 0 Å². The first-order valence-corrected chi connectivity index (χ1v) is 7.01. The fraction of sp³-hybridized carbons (Fsp3) is 0.467. The summed E-state index contributed by atoms with van der Waals surface area (Å²) in [4.78, 5) is 25.3. The number of benzene rings is 1. The van der Waals surface area contributed by atoms with E-state index < -0.39 is 24.2 Å². The molecular weight excluding hydrogens is 272 g/mol. The first-order chi connectivity index (χ1) is 10.0. The van der Waals surface area contributed by atoms with E-state index in [2.05, 4.69) is 5.32 Å². The van der Waals surface area contributed by atoms with Crippen molar-refractivity contribution in [2.24, 2.45) is 0 Å². The summed E-state index contributed by atoms with van der Waals surface area (Å²) in [7, 11) is 0. The number of β-amino-alcohol motifs (C(OH)–C–C–N with tert-alkyl or cyclic N) is 1. The molecule has 1 aliphatic heterocycles. The van der Waals surface area contributed by atoms with Gasteiger partial charge in [-0.15, -0.1) is 0 Å². The van der Waals surface area contributed by atoms with Crippen molar-refractivity contribution in [3.8, 4) is 0 Å². The van der Waals surface area contributed by atoms with Crippen LogP contribution in [0.15, 0.2) is 30.3 Å². The first-order valence-electron chi connectivity index (χ1n) is 7.01. The number of likely N-dealkylation sites (tertiary alicyclic amines) is 1. The van der Waals surface area contributed by atoms with Gasteiger partial charge in [-0.25, -0.2) is 0 Å². The van der Waals surface area contributed by atoms with Gasteiger partial charge in [-0.3, -0.25) is 9.59 Å². The van der Waals surface area contributed by atoms with Gasteiger partial charge >= 0.3 is 0 Å². The molecule has 0 saturated carbocycles. The number of nitrogens with zero attached hydrogens (tertiary/aromatic N) is 1. The second kappa shape index (κ2) is 6.69. The summed E-state index contributed by atoms with van der Waals surface area (Å²) in [5.41, 5.74) is 0.923. The monoisotopic (exact) mass is 292 g/mol. The Kier molecular flexibility index (Phi) is 4.93. The molecule has 3 atom stereocenters. The number of carbonyl (C=O) groups excluding carboxylic acids is 2. The van der Waals surface area contributed by atoms with Crippen molar-refractivity contribution in [1.29, 1.82) is 0 Å². The Morgan fingerprint density at radius 3 is 2.57 bits per heavy atom. The minimum Gasteiger partial charge on any atom is -0.388 e. The summed E-state index contributed by atoms with van der Waals surface area (Å²) in [6.07, 6.45) is -2.12. The lowest BCUT2D eigenvalue weighted by atomic mass is 10.1. The van der Waals surface area contributed by atoms with Crippen molar-refractivity contribution >= 4 is 11.8 Å². The molecule has 1 saturated heterocycles. The van der Waals surface area contributed by atoms with Crippen LogP contribution in [0.5, 0.6) is 0 Å². The Hall–Kier alpha value is -1.92. The summed E-state index contributed by atoms with van der Waals surface area (Å²) in [5.74, 6) is -0.713. The minimum atomic E-state index is -1.25. The molecule has 2 amide bonds. The summed E-state index contributed by atoms with van der Waals surface area (Å²) >= 11 is 0. The maximum atomic E-state index is 12.2. The summed E-state index contributed by atoms with van der Waals surface area (Å²) in [6, 6.07) is 8.32. The molecule has 0 aromatic heterocycles. The Labute approximate surface area is 123 Å². The number of aliphatic hydroxyl groups is 2. The topological polar surface area (TPSA) is 89.9 Å². The van der Waals surface area contributed by atoms with Crippen molar-refractivity contribution in [2.45, 2.75) is 38.1 Å². The number of amides is 2. The number of carbonyl (C=O) groups is 2. The van der Waals surface area contributed by atoms with Crippen molar-refractivity contribution in [2.75, 3.05) is 6.54 Å². The van der Waals surface area contributed by atoms with Crippen LogP contribution in [-0.2, 0) is 16.1 Å². The van der Waals surface area contributed by atoms with E-state index in [1.165, 1.54) is 4.90 Å². The Bertz CT molecular complexity index is 506. The lowest BCUT2D eigenvalue weighted by Crippen LogP contribution is -2.50. The zero-order chi connectivity index (χ0) is 15.4. The highest BCUT2D eigenvalue weighted by Crippen LogP contribution is 2.20. The maximum Gasteiger partial charge on any atom is 0.245 e. The third-order valence-corrected chi connectivity index (χ3v) is 3.64. The van der Waals surface area contributed by atoms with Crippen molar-refractivity contribution in [3.63, 3.8) is 0 Å². The highest BCUT2D eigenvalue weighted by atomic mass is 16.3. The van der Waals surface area contributed by atoms with Crippen LogP contribution in [0.1, 0.15) is 18.9 Å². The van der Waals surface area contributed by atoms with Gasteiger partial charge in [0, 0.05) is 13.0 Å². The average molecular weight is 292 g/mol. The van der Waals surface area contributed by atoms with Gasteiger partial charge in [0.05, 0.1) is 12.6 Å². The second-order valence-electron chi connectivity index (χ2n) is 5.11. The van der Waals surface area contributed by atoms with Crippen LogP contribution in [0.4, 0.5) is 0 Å². The summed E-state index contributed by atoms with van der Waals surface area (Å²) in [5, 5.41) is 22.3. The fourth-order valence-electron chi connectivity index (χ4n) is 2.46. The quantitative estimate of drug-likeness (QED) is 0.707. The molecule has 21 heavy (non-hydrogen) atoms. The largest absolute Gasteiger partial charge is 0.388 e. The van der Waals surface area contributed by atoms with Crippen LogP contribution in [-0.4, -0.2) is 51.7 Å². The van der Waals surface area contributed by atoms with E-state index >= 15 is 0 Å². The van der Waals surface area contributed by atoms with Gasteiger partial charge in [0.15, 0.2) is 0 Å². The highest BCUT2D eigenvalue weighted by molar-refractivity contribution is 5.89. The molecule has 6 heteroatoms.